The Balaban J connectivity index is 1.53. The van der Waals surface area contributed by atoms with Crippen molar-refractivity contribution in [3.63, 3.8) is 0 Å². The van der Waals surface area contributed by atoms with E-state index in [1.165, 1.54) is 12.4 Å². The molecule has 1 saturated carbocycles. The number of hydrogen-bond acceptors (Lipinski definition) is 7. The van der Waals surface area contributed by atoms with Crippen LogP contribution in [0, 0.1) is 0 Å². The molecule has 3 N–H and O–H groups in total. The summed E-state index contributed by atoms with van der Waals surface area (Å²) in [5.74, 6) is 1.25. The van der Waals surface area contributed by atoms with E-state index >= 15 is 0 Å². The minimum absolute atomic E-state index is 0.161. The number of alkyl halides is 3. The first-order valence-corrected chi connectivity index (χ1v) is 12.1. The average molecular weight is 495 g/mol. The van der Waals surface area contributed by atoms with E-state index in [-0.39, 0.29) is 6.04 Å². The average Bonchev–Trinajstić information content (AvgIpc) is 3.55. The monoisotopic (exact) mass is 494 g/mol. The number of pyridine rings is 1. The summed E-state index contributed by atoms with van der Waals surface area (Å²) in [6.07, 6.45) is 2.95. The number of halogens is 3. The van der Waals surface area contributed by atoms with Gasteiger partial charge < -0.3 is 16.0 Å². The molecule has 2 fully saturated rings. The van der Waals surface area contributed by atoms with E-state index in [0.29, 0.717) is 40.3 Å². The Morgan fingerprint density at radius 2 is 1.89 bits per heavy atom. The molecule has 1 aliphatic carbocycles. The van der Waals surface area contributed by atoms with Crippen LogP contribution in [0.3, 0.4) is 0 Å². The molecule has 1 unspecified atom stereocenters. The summed E-state index contributed by atoms with van der Waals surface area (Å²) >= 11 is 0. The van der Waals surface area contributed by atoms with Crippen LogP contribution < -0.4 is 16.0 Å². The van der Waals surface area contributed by atoms with Crippen molar-refractivity contribution in [2.24, 2.45) is 0 Å². The predicted molar refractivity (Wildman–Crippen MR) is 131 cm³/mol. The second-order valence-electron chi connectivity index (χ2n) is 9.30. The van der Waals surface area contributed by atoms with Gasteiger partial charge in [0.1, 0.15) is 12.1 Å². The molecule has 1 atom stereocenters. The molecule has 1 aromatic carbocycles. The lowest BCUT2D eigenvalue weighted by molar-refractivity contribution is -0.137. The molecule has 0 radical (unpaired) electrons. The highest BCUT2D eigenvalue weighted by atomic mass is 19.4. The number of aromatic nitrogens is 5. The number of nitrogens with one attached hydrogen (secondary N) is 3. The zero-order valence-electron chi connectivity index (χ0n) is 19.4. The fourth-order valence-corrected chi connectivity index (χ4v) is 4.56. The van der Waals surface area contributed by atoms with Gasteiger partial charge in [-0.25, -0.2) is 9.97 Å². The topological polar surface area (TPSA) is 92.1 Å². The third-order valence-corrected chi connectivity index (χ3v) is 6.53. The van der Waals surface area contributed by atoms with Crippen LogP contribution in [0.1, 0.15) is 31.2 Å². The number of benzene rings is 1. The van der Waals surface area contributed by atoms with E-state index in [1.807, 2.05) is 12.1 Å². The lowest BCUT2D eigenvalue weighted by Gasteiger charge is -2.25. The molecule has 1 saturated heterocycles. The summed E-state index contributed by atoms with van der Waals surface area (Å²) in [5.41, 5.74) is 1.79. The Kier molecular flexibility index (Phi) is 5.71. The van der Waals surface area contributed by atoms with Gasteiger partial charge >= 0.3 is 6.18 Å². The molecule has 4 aromatic rings. The summed E-state index contributed by atoms with van der Waals surface area (Å²) in [4.78, 5) is 9.37. The third-order valence-electron chi connectivity index (χ3n) is 6.53. The van der Waals surface area contributed by atoms with Crippen molar-refractivity contribution in [1.82, 2.24) is 29.9 Å². The van der Waals surface area contributed by atoms with Crippen molar-refractivity contribution in [3.8, 4) is 22.4 Å². The number of fused-ring (bicyclic) bond motifs is 1. The van der Waals surface area contributed by atoms with Crippen LogP contribution in [0.4, 0.5) is 24.9 Å². The van der Waals surface area contributed by atoms with Crippen LogP contribution in [0.25, 0.3) is 28.0 Å². The van der Waals surface area contributed by atoms with Gasteiger partial charge in [-0.1, -0.05) is 12.1 Å². The number of nitrogens with zero attached hydrogens (tertiary/aromatic N) is 5. The summed E-state index contributed by atoms with van der Waals surface area (Å²) < 4.78 is 42.5. The Labute approximate surface area is 205 Å². The van der Waals surface area contributed by atoms with Gasteiger partial charge in [-0.05, 0) is 62.1 Å². The number of hydrogen-bond donors (Lipinski definition) is 3. The van der Waals surface area contributed by atoms with Crippen molar-refractivity contribution in [2.75, 3.05) is 23.7 Å². The maximum atomic E-state index is 13.6. The van der Waals surface area contributed by atoms with Gasteiger partial charge in [0.15, 0.2) is 5.65 Å². The van der Waals surface area contributed by atoms with E-state index in [4.69, 9.17) is 4.98 Å². The minimum atomic E-state index is -4.47. The summed E-state index contributed by atoms with van der Waals surface area (Å²) in [6.45, 7) is 1.77. The molecule has 1 aliphatic heterocycles. The van der Waals surface area contributed by atoms with Crippen molar-refractivity contribution >= 4 is 17.4 Å². The fraction of sp³-hybridized carbons (Fsp3) is 0.360. The van der Waals surface area contributed by atoms with Gasteiger partial charge in [0, 0.05) is 30.4 Å². The van der Waals surface area contributed by atoms with E-state index < -0.39 is 11.7 Å². The van der Waals surface area contributed by atoms with Crippen LogP contribution in [-0.2, 0) is 6.18 Å². The van der Waals surface area contributed by atoms with Crippen molar-refractivity contribution in [2.45, 2.75) is 43.9 Å². The Morgan fingerprint density at radius 1 is 1.00 bits per heavy atom. The molecular formula is C25H25F3N8. The highest BCUT2D eigenvalue weighted by Gasteiger charge is 2.31. The minimum Gasteiger partial charge on any atom is -0.367 e. The summed E-state index contributed by atoms with van der Waals surface area (Å²) in [7, 11) is 0. The SMILES string of the molecule is FC(F)(F)c1cccc(-c2c(-c3ccnc(NC4CC4)c3)nc(NC3CCCNC3)n3cnnc23)c1. The Morgan fingerprint density at radius 3 is 2.67 bits per heavy atom. The van der Waals surface area contributed by atoms with Gasteiger partial charge in [0.2, 0.25) is 5.95 Å². The zero-order valence-corrected chi connectivity index (χ0v) is 19.4. The van der Waals surface area contributed by atoms with Crippen molar-refractivity contribution < 1.29 is 13.2 Å². The highest BCUT2D eigenvalue weighted by molar-refractivity contribution is 5.91. The largest absolute Gasteiger partial charge is 0.416 e. The summed E-state index contributed by atoms with van der Waals surface area (Å²) in [6, 6.07) is 9.51. The van der Waals surface area contributed by atoms with Gasteiger partial charge in [-0.3, -0.25) is 4.40 Å². The molecule has 8 nitrogen and oxygen atoms in total. The standard InChI is InChI=1S/C25H25F3N8/c26-25(27,28)17-4-1-3-15(11-17)21-22(16-8-10-30-20(12-16)32-18-6-7-18)34-24(36-14-31-35-23(21)36)33-19-5-2-9-29-13-19/h1,3-4,8,10-12,14,18-19,29H,2,5-7,9,13H2,(H,30,32)(H,33,34). The van der Waals surface area contributed by atoms with E-state index in [1.54, 1.807) is 16.7 Å². The second kappa shape index (κ2) is 9.05. The van der Waals surface area contributed by atoms with Gasteiger partial charge in [0.05, 0.1) is 16.8 Å². The molecule has 0 spiro atoms. The molecule has 3 aromatic heterocycles. The maximum Gasteiger partial charge on any atom is 0.416 e. The smallest absolute Gasteiger partial charge is 0.367 e. The van der Waals surface area contributed by atoms with E-state index in [9.17, 15) is 13.2 Å². The van der Waals surface area contributed by atoms with Crippen LogP contribution in [0.15, 0.2) is 48.9 Å². The van der Waals surface area contributed by atoms with Crippen molar-refractivity contribution in [3.05, 3.63) is 54.5 Å². The maximum absolute atomic E-state index is 13.6. The normalized spacial score (nSPS) is 18.4. The molecule has 11 heteroatoms. The predicted octanol–water partition coefficient (Wildman–Crippen LogP) is 4.61. The number of rotatable bonds is 6. The van der Waals surface area contributed by atoms with Gasteiger partial charge in [0.25, 0.3) is 0 Å². The van der Waals surface area contributed by atoms with Crippen LogP contribution >= 0.6 is 0 Å². The number of anilines is 2. The Bertz CT molecular complexity index is 1390. The first-order valence-electron chi connectivity index (χ1n) is 12.1. The Hall–Kier alpha value is -3.73. The quantitative estimate of drug-likeness (QED) is 0.361. The zero-order chi connectivity index (χ0) is 24.7. The van der Waals surface area contributed by atoms with Crippen LogP contribution in [-0.4, -0.2) is 49.7 Å². The molecule has 0 bridgehead atoms. The molecule has 0 amide bonds. The van der Waals surface area contributed by atoms with Crippen LogP contribution in [0.2, 0.25) is 0 Å². The fourth-order valence-electron chi connectivity index (χ4n) is 4.56. The van der Waals surface area contributed by atoms with E-state index in [2.05, 4.69) is 31.1 Å². The molecule has 4 heterocycles. The second-order valence-corrected chi connectivity index (χ2v) is 9.30. The van der Waals surface area contributed by atoms with E-state index in [0.717, 1.165) is 56.5 Å². The van der Waals surface area contributed by atoms with Gasteiger partial charge in [-0.2, -0.15) is 13.2 Å². The molecule has 6 rings (SSSR count). The molecular weight excluding hydrogens is 469 g/mol. The molecule has 36 heavy (non-hydrogen) atoms. The van der Waals surface area contributed by atoms with Crippen LogP contribution in [0.5, 0.6) is 0 Å². The molecule has 2 aliphatic rings. The van der Waals surface area contributed by atoms with Crippen molar-refractivity contribution in [1.29, 1.82) is 0 Å². The lowest BCUT2D eigenvalue weighted by Crippen LogP contribution is -2.39. The van der Waals surface area contributed by atoms with Gasteiger partial charge in [-0.15, -0.1) is 10.2 Å². The highest BCUT2D eigenvalue weighted by Crippen LogP contribution is 2.39. The molecule has 186 valence electrons. The number of piperidine rings is 1. The first kappa shape index (κ1) is 22.7. The first-order chi connectivity index (χ1) is 17.5. The third kappa shape index (κ3) is 4.58. The lowest BCUT2D eigenvalue weighted by atomic mass is 9.98. The summed E-state index contributed by atoms with van der Waals surface area (Å²) in [5, 5.41) is 18.6.